The third-order valence-electron chi connectivity index (χ3n) is 5.19. The van der Waals surface area contributed by atoms with Crippen molar-refractivity contribution in [3.63, 3.8) is 0 Å². The van der Waals surface area contributed by atoms with Gasteiger partial charge in [-0.05, 0) is 55.9 Å². The number of para-hydroxylation sites is 1. The van der Waals surface area contributed by atoms with E-state index < -0.39 is 26.1 Å². The molecule has 0 aliphatic rings. The van der Waals surface area contributed by atoms with E-state index in [2.05, 4.69) is 9.97 Å². The molecule has 0 atom stereocenters. The van der Waals surface area contributed by atoms with E-state index in [1.54, 1.807) is 6.07 Å². The lowest BCUT2D eigenvalue weighted by atomic mass is 10.0. The lowest BCUT2D eigenvalue weighted by Gasteiger charge is -2.06. The predicted octanol–water partition coefficient (Wildman–Crippen LogP) is 6.87. The van der Waals surface area contributed by atoms with Crippen molar-refractivity contribution in [1.82, 2.24) is 9.97 Å². The molecule has 140 valence electrons. The Bertz CT molecular complexity index is 1890. The number of aromatic nitrogens is 2. The van der Waals surface area contributed by atoms with Crippen LogP contribution in [-0.2, 0) is 0 Å². The first-order valence-electron chi connectivity index (χ1n) is 13.4. The van der Waals surface area contributed by atoms with Crippen LogP contribution >= 0.6 is 0 Å². The number of hydrogen-bond donors (Lipinski definition) is 0. The Kier molecular flexibility index (Phi) is 1.90. The molecule has 0 N–H and O–H groups in total. The van der Waals surface area contributed by atoms with Crippen LogP contribution in [0, 0.1) is 20.6 Å². The fourth-order valence-corrected chi connectivity index (χ4v) is 3.80. The van der Waals surface area contributed by atoms with E-state index in [0.717, 1.165) is 17.0 Å². The summed E-state index contributed by atoms with van der Waals surface area (Å²) >= 11 is 0. The number of benzene rings is 2. The molecule has 0 radical (unpaired) electrons. The molecule has 0 aliphatic heterocycles. The average Bonchev–Trinajstić information content (AvgIpc) is 3.40. The summed E-state index contributed by atoms with van der Waals surface area (Å²) in [6.07, 6.45) is 2.26. The molecular weight excluding hydrogens is 360 g/mol. The van der Waals surface area contributed by atoms with E-state index >= 15 is 0 Å². The van der Waals surface area contributed by atoms with Crippen LogP contribution < -0.4 is 0 Å². The summed E-state index contributed by atoms with van der Waals surface area (Å²) in [5.74, 6) is 0. The Morgan fingerprint density at radius 2 is 1.62 bits per heavy atom. The van der Waals surface area contributed by atoms with Crippen molar-refractivity contribution in [3.8, 4) is 11.3 Å². The summed E-state index contributed by atoms with van der Waals surface area (Å²) in [4.78, 5) is 8.44. The number of fused-ring (bicyclic) bond motifs is 7. The Balaban J connectivity index is 1.72. The van der Waals surface area contributed by atoms with Gasteiger partial charge < -0.3 is 8.83 Å². The van der Waals surface area contributed by atoms with Crippen LogP contribution in [-0.4, -0.2) is 9.97 Å². The van der Waals surface area contributed by atoms with E-state index in [1.807, 2.05) is 30.3 Å². The highest BCUT2D eigenvalue weighted by Gasteiger charge is 2.20. The molecule has 0 aliphatic carbocycles. The van der Waals surface area contributed by atoms with Crippen LogP contribution in [0.1, 0.15) is 29.2 Å². The molecule has 0 saturated carbocycles. The fraction of sp³-hybridized carbons (Fsp3) is 0.120. The molecule has 4 heteroatoms. The molecule has 0 unspecified atom stereocenters. The molecule has 0 spiro atoms. The Morgan fingerprint density at radius 3 is 2.52 bits per heavy atom. The number of aryl methyl sites for hydroxylation is 3. The summed E-state index contributed by atoms with van der Waals surface area (Å²) in [6, 6.07) is 12.2. The molecule has 4 nitrogen and oxygen atoms in total. The van der Waals surface area contributed by atoms with E-state index in [0.29, 0.717) is 22.1 Å². The minimum atomic E-state index is -2.74. The maximum atomic E-state index is 8.06. The largest absolute Gasteiger partial charge is 0.452 e. The minimum absolute atomic E-state index is 0.0821. The molecule has 6 rings (SSSR count). The van der Waals surface area contributed by atoms with Crippen LogP contribution in [0.4, 0.5) is 0 Å². The molecular formula is C25H18N2O2. The maximum Gasteiger partial charge on any atom is 0.178 e. The molecule has 0 fully saturated rings. The molecule has 2 aromatic carbocycles. The van der Waals surface area contributed by atoms with Gasteiger partial charge in [0.25, 0.3) is 0 Å². The molecule has 0 saturated heterocycles. The van der Waals surface area contributed by atoms with Gasteiger partial charge in [0.1, 0.15) is 11.2 Å². The zero-order valence-electron chi connectivity index (χ0n) is 23.9. The highest BCUT2D eigenvalue weighted by Crippen LogP contribution is 2.41. The van der Waals surface area contributed by atoms with Gasteiger partial charge in [0.2, 0.25) is 0 Å². The van der Waals surface area contributed by atoms with Gasteiger partial charge in [0.05, 0.1) is 16.6 Å². The van der Waals surface area contributed by atoms with E-state index in [9.17, 15) is 0 Å². The number of furan rings is 2. The summed E-state index contributed by atoms with van der Waals surface area (Å²) in [7, 11) is 0. The van der Waals surface area contributed by atoms with Crippen molar-refractivity contribution in [2.24, 2.45) is 0 Å². The van der Waals surface area contributed by atoms with E-state index in [4.69, 9.17) is 21.2 Å². The predicted molar refractivity (Wildman–Crippen MR) is 116 cm³/mol. The Morgan fingerprint density at radius 1 is 0.759 bits per heavy atom. The first-order chi connectivity index (χ1) is 17.7. The van der Waals surface area contributed by atoms with Crippen molar-refractivity contribution >= 4 is 43.9 Å². The number of hydrogen-bond acceptors (Lipinski definition) is 4. The van der Waals surface area contributed by atoms with Gasteiger partial charge in [0, 0.05) is 46.6 Å². The SMILES string of the molecule is [2H]C([2H])([2H])c1cnc(-c2cnc(C([2H])([2H])[2H])c3c2oc2c3ccc3c4ccccc4oc32)cc1C([2H])([2H])[2H]. The minimum Gasteiger partial charge on any atom is -0.452 e. The van der Waals surface area contributed by atoms with Gasteiger partial charge >= 0.3 is 0 Å². The Labute approximate surface area is 179 Å². The van der Waals surface area contributed by atoms with Crippen molar-refractivity contribution in [3.05, 3.63) is 71.7 Å². The van der Waals surface area contributed by atoms with Crippen LogP contribution in [0.3, 0.4) is 0 Å². The molecule has 4 aromatic heterocycles. The zero-order chi connectivity index (χ0) is 27.2. The molecule has 0 bridgehead atoms. The fourth-order valence-electron chi connectivity index (χ4n) is 3.80. The average molecular weight is 387 g/mol. The van der Waals surface area contributed by atoms with Crippen LogP contribution in [0.2, 0.25) is 0 Å². The summed E-state index contributed by atoms with van der Waals surface area (Å²) in [6.45, 7) is -8.01. The van der Waals surface area contributed by atoms with Crippen molar-refractivity contribution in [2.75, 3.05) is 0 Å². The van der Waals surface area contributed by atoms with E-state index in [1.165, 1.54) is 12.3 Å². The van der Waals surface area contributed by atoms with Gasteiger partial charge in [0.15, 0.2) is 11.2 Å². The summed E-state index contributed by atoms with van der Waals surface area (Å²) in [5.41, 5.74) is 0.827. The third kappa shape index (κ3) is 2.20. The normalized spacial score (nSPS) is 17.9. The van der Waals surface area contributed by atoms with Crippen LogP contribution in [0.5, 0.6) is 0 Å². The van der Waals surface area contributed by atoms with E-state index in [-0.39, 0.29) is 33.5 Å². The highest BCUT2D eigenvalue weighted by atomic mass is 16.4. The molecule has 4 heterocycles. The topological polar surface area (TPSA) is 52.1 Å². The zero-order valence-corrected chi connectivity index (χ0v) is 14.9. The van der Waals surface area contributed by atoms with Gasteiger partial charge in [-0.2, -0.15) is 0 Å². The quantitative estimate of drug-likeness (QED) is 0.309. The molecule has 0 amide bonds. The maximum absolute atomic E-state index is 8.06. The van der Waals surface area contributed by atoms with Crippen LogP contribution in [0.25, 0.3) is 55.1 Å². The number of rotatable bonds is 1. The smallest absolute Gasteiger partial charge is 0.178 e. The van der Waals surface area contributed by atoms with Crippen molar-refractivity contribution < 1.29 is 21.2 Å². The van der Waals surface area contributed by atoms with Gasteiger partial charge in [-0.1, -0.05) is 18.2 Å². The number of pyridine rings is 2. The highest BCUT2D eigenvalue weighted by molar-refractivity contribution is 6.20. The van der Waals surface area contributed by atoms with Gasteiger partial charge in [-0.25, -0.2) is 0 Å². The summed E-state index contributed by atoms with van der Waals surface area (Å²) < 4.78 is 83.4. The molecule has 6 aromatic rings. The molecule has 29 heavy (non-hydrogen) atoms. The second-order valence-corrected chi connectivity index (χ2v) is 6.86. The van der Waals surface area contributed by atoms with Crippen molar-refractivity contribution in [2.45, 2.75) is 20.6 Å². The second-order valence-electron chi connectivity index (χ2n) is 6.86. The van der Waals surface area contributed by atoms with Crippen LogP contribution in [0.15, 0.2) is 63.7 Å². The van der Waals surface area contributed by atoms with Gasteiger partial charge in [-0.15, -0.1) is 0 Å². The Hall–Kier alpha value is -3.66. The monoisotopic (exact) mass is 387 g/mol. The van der Waals surface area contributed by atoms with Gasteiger partial charge in [-0.3, -0.25) is 9.97 Å². The third-order valence-corrected chi connectivity index (χ3v) is 5.19. The lowest BCUT2D eigenvalue weighted by molar-refractivity contribution is 0.633. The second kappa shape index (κ2) is 5.67. The standard InChI is InChI=1S/C25H18N2O2/c1-13-10-20(27-11-14(13)2)19-12-26-15(3)22-18-9-8-17-16-6-4-5-7-21(16)28-24(17)25(18)29-23(19)22/h4-12H,1-3H3/i1D3,2D3,3D3. The summed E-state index contributed by atoms with van der Waals surface area (Å²) in [5, 5.41) is 2.32. The number of nitrogens with zero attached hydrogens (tertiary/aromatic N) is 2. The van der Waals surface area contributed by atoms with Crippen molar-refractivity contribution in [1.29, 1.82) is 0 Å². The first kappa shape index (κ1) is 9.70. The lowest BCUT2D eigenvalue weighted by Crippen LogP contribution is -1.91. The first-order valence-corrected chi connectivity index (χ1v) is 8.92.